The molecule has 0 spiro atoms. The Morgan fingerprint density at radius 3 is 2.00 bits per heavy atom. The second kappa shape index (κ2) is 15.9. The zero-order valence-corrected chi connectivity index (χ0v) is 31.8. The topological polar surface area (TPSA) is 123 Å². The fourth-order valence-corrected chi connectivity index (χ4v) is 7.92. The smallest absolute Gasteiger partial charge is 0.407 e. The molecular weight excluding hydrogens is 717 g/mol. The number of hydrogen-bond donors (Lipinski definition) is 2. The molecule has 54 heavy (non-hydrogen) atoms. The summed E-state index contributed by atoms with van der Waals surface area (Å²) in [6, 6.07) is 18.9. The molecule has 1 unspecified atom stereocenters. The van der Waals surface area contributed by atoms with E-state index in [9.17, 15) is 18.0 Å². The number of alkyl halides is 2. The number of rotatable bonds is 11. The quantitative estimate of drug-likeness (QED) is 0.158. The summed E-state index contributed by atoms with van der Waals surface area (Å²) in [7, 11) is -4.66. The van der Waals surface area contributed by atoms with Gasteiger partial charge in [-0.15, -0.1) is 0 Å². The van der Waals surface area contributed by atoms with Gasteiger partial charge in [-0.25, -0.2) is 13.2 Å². The molecule has 4 aromatic carbocycles. The molecule has 6 rings (SSSR count). The van der Waals surface area contributed by atoms with Gasteiger partial charge in [-0.2, -0.15) is 13.5 Å². The van der Waals surface area contributed by atoms with E-state index in [0.717, 1.165) is 48.8 Å². The van der Waals surface area contributed by atoms with E-state index in [1.165, 1.54) is 29.2 Å². The molecular formula is C41H47F2N3O7S. The molecule has 288 valence electrons. The molecule has 13 heteroatoms. The molecule has 1 saturated carbocycles. The van der Waals surface area contributed by atoms with E-state index in [2.05, 4.69) is 10.0 Å². The van der Waals surface area contributed by atoms with E-state index in [1.807, 2.05) is 25.1 Å². The van der Waals surface area contributed by atoms with Crippen LogP contribution < -0.4 is 19.5 Å². The van der Waals surface area contributed by atoms with E-state index in [0.29, 0.717) is 16.9 Å². The number of halogens is 2. The number of aryl methyl sites for hydroxylation is 1. The Morgan fingerprint density at radius 1 is 0.796 bits per heavy atom. The maximum absolute atomic E-state index is 16.6. The van der Waals surface area contributed by atoms with Crippen LogP contribution >= 0.6 is 0 Å². The molecule has 2 amide bonds. The first-order valence-corrected chi connectivity index (χ1v) is 19.8. The lowest BCUT2D eigenvalue weighted by molar-refractivity contribution is -0.145. The van der Waals surface area contributed by atoms with Crippen molar-refractivity contribution in [2.75, 3.05) is 13.1 Å². The van der Waals surface area contributed by atoms with Gasteiger partial charge in [-0.05, 0) is 138 Å². The van der Waals surface area contributed by atoms with Gasteiger partial charge in [0.1, 0.15) is 22.8 Å². The molecule has 1 atom stereocenters. The number of carbonyl (C=O) groups excluding carboxylic acids is 2. The van der Waals surface area contributed by atoms with Crippen molar-refractivity contribution < 1.29 is 41.0 Å². The minimum atomic E-state index is -4.66. The summed E-state index contributed by atoms with van der Waals surface area (Å²) in [6.07, 6.45) is 4.25. The number of alkyl carbamates (subject to hydrolysis) is 1. The van der Waals surface area contributed by atoms with Gasteiger partial charge in [0.05, 0.1) is 11.0 Å². The predicted molar refractivity (Wildman–Crippen MR) is 202 cm³/mol. The normalized spacial score (nSPS) is 16.6. The van der Waals surface area contributed by atoms with Crippen molar-refractivity contribution in [3.05, 3.63) is 96.1 Å². The third-order valence-corrected chi connectivity index (χ3v) is 11.0. The number of carbonyl (C=O) groups is 2. The number of nitrogens with zero attached hydrogens (tertiary/aromatic N) is 1. The largest absolute Gasteiger partial charge is 0.490 e. The molecule has 10 nitrogen and oxygen atoms in total. The summed E-state index contributed by atoms with van der Waals surface area (Å²) in [4.78, 5) is 27.3. The first kappa shape index (κ1) is 39.0. The monoisotopic (exact) mass is 763 g/mol. The van der Waals surface area contributed by atoms with Crippen LogP contribution in [0.3, 0.4) is 0 Å². The zero-order chi connectivity index (χ0) is 38.7. The third-order valence-electron chi connectivity index (χ3n) is 9.60. The van der Waals surface area contributed by atoms with Crippen LogP contribution in [0, 0.1) is 6.92 Å². The molecule has 0 radical (unpaired) electrons. The van der Waals surface area contributed by atoms with Crippen molar-refractivity contribution in [3.8, 4) is 17.2 Å². The third kappa shape index (κ3) is 9.67. The van der Waals surface area contributed by atoms with E-state index < -0.39 is 45.2 Å². The van der Waals surface area contributed by atoms with Crippen molar-refractivity contribution in [1.29, 1.82) is 0 Å². The highest BCUT2D eigenvalue weighted by molar-refractivity contribution is 7.89. The molecule has 2 N–H and O–H groups in total. The van der Waals surface area contributed by atoms with Crippen molar-refractivity contribution in [2.24, 2.45) is 0 Å². The van der Waals surface area contributed by atoms with Gasteiger partial charge in [0, 0.05) is 24.7 Å². The molecule has 2 aliphatic rings. The van der Waals surface area contributed by atoms with Crippen LogP contribution in [0.25, 0.3) is 10.8 Å². The molecule has 1 saturated heterocycles. The van der Waals surface area contributed by atoms with E-state index in [4.69, 9.17) is 14.2 Å². The Balaban J connectivity index is 1.23. The Bertz CT molecular complexity index is 2060. The van der Waals surface area contributed by atoms with Crippen LogP contribution in [-0.2, 0) is 25.5 Å². The minimum Gasteiger partial charge on any atom is -0.490 e. The second-order valence-electron chi connectivity index (χ2n) is 15.1. The van der Waals surface area contributed by atoms with Crippen molar-refractivity contribution in [2.45, 2.75) is 101 Å². The number of amides is 2. The van der Waals surface area contributed by atoms with Gasteiger partial charge in [-0.3, -0.25) is 4.79 Å². The highest BCUT2D eigenvalue weighted by atomic mass is 32.2. The van der Waals surface area contributed by atoms with Crippen molar-refractivity contribution >= 4 is 32.8 Å². The van der Waals surface area contributed by atoms with Gasteiger partial charge >= 0.3 is 6.09 Å². The van der Waals surface area contributed by atoms with Crippen molar-refractivity contribution in [3.63, 3.8) is 0 Å². The average molecular weight is 764 g/mol. The van der Waals surface area contributed by atoms with Gasteiger partial charge in [-0.1, -0.05) is 29.8 Å². The lowest BCUT2D eigenvalue weighted by atomic mass is 9.98. The summed E-state index contributed by atoms with van der Waals surface area (Å²) in [6.45, 7) is 7.16. The van der Waals surface area contributed by atoms with Crippen LogP contribution in [0.2, 0.25) is 0 Å². The molecule has 0 aromatic heterocycles. The van der Waals surface area contributed by atoms with Crippen LogP contribution in [0.1, 0.15) is 70.4 Å². The van der Waals surface area contributed by atoms with E-state index >= 15 is 8.78 Å². The molecule has 1 heterocycles. The predicted octanol–water partition coefficient (Wildman–Crippen LogP) is 8.22. The van der Waals surface area contributed by atoms with E-state index in [-0.39, 0.29) is 48.7 Å². The van der Waals surface area contributed by atoms with Gasteiger partial charge < -0.3 is 24.4 Å². The highest BCUT2D eigenvalue weighted by Gasteiger charge is 2.50. The zero-order valence-electron chi connectivity index (χ0n) is 30.9. The average Bonchev–Trinajstić information content (AvgIpc) is 3.64. The molecule has 2 fully saturated rings. The lowest BCUT2D eigenvalue weighted by Crippen LogP contribution is -2.58. The SMILES string of the molecule is Cc1ccc(Oc2ccc(C(F)(F)C(NS(=O)(=O)c3ccc4cc(OC5CCCC5)ccc4c3)C(=O)N3CCC(NC(=O)OC(C)(C)C)CC3)cc2)cc1. The molecule has 1 aliphatic carbocycles. The maximum Gasteiger partial charge on any atom is 0.407 e. The number of fused-ring (bicyclic) bond motifs is 1. The second-order valence-corrected chi connectivity index (χ2v) is 16.8. The van der Waals surface area contributed by atoms with Crippen LogP contribution in [0.4, 0.5) is 13.6 Å². The van der Waals surface area contributed by atoms with Crippen molar-refractivity contribution in [1.82, 2.24) is 14.9 Å². The summed E-state index contributed by atoms with van der Waals surface area (Å²) in [5.74, 6) is -3.60. The lowest BCUT2D eigenvalue weighted by Gasteiger charge is -2.36. The summed E-state index contributed by atoms with van der Waals surface area (Å²) in [5.41, 5.74) is -0.255. The number of sulfonamides is 1. The van der Waals surface area contributed by atoms with Gasteiger partial charge in [0.25, 0.3) is 5.92 Å². The first-order chi connectivity index (χ1) is 25.6. The standard InChI is InChI=1S/C41H47F2N3O7S/c1-27-9-15-33(16-10-27)51-34-18-13-30(14-19-34)41(42,43)37(38(47)46-23-21-31(22-24-46)44-39(48)53-40(2,3)4)45-54(49,50)36-20-12-28-25-35(17-11-29(28)26-36)52-32-7-5-6-8-32/h9-20,25-26,31-32,37,45H,5-8,21-24H2,1-4H3,(H,44,48). The van der Waals surface area contributed by atoms with Crippen LogP contribution in [-0.4, -0.2) is 62.2 Å². The number of likely N-dealkylation sites (tertiary alicyclic amines) is 1. The Morgan fingerprint density at radius 2 is 1.37 bits per heavy atom. The van der Waals surface area contributed by atoms with E-state index in [1.54, 1.807) is 51.1 Å². The van der Waals surface area contributed by atoms with Crippen LogP contribution in [0.5, 0.6) is 17.2 Å². The number of piperidine rings is 1. The Labute approximate surface area is 315 Å². The number of hydrogen-bond acceptors (Lipinski definition) is 7. The Kier molecular flexibility index (Phi) is 11.5. The molecule has 1 aliphatic heterocycles. The first-order valence-electron chi connectivity index (χ1n) is 18.3. The maximum atomic E-state index is 16.6. The summed E-state index contributed by atoms with van der Waals surface area (Å²) >= 11 is 0. The van der Waals surface area contributed by atoms with Crippen LogP contribution in [0.15, 0.2) is 89.8 Å². The summed E-state index contributed by atoms with van der Waals surface area (Å²) in [5, 5.41) is 4.05. The minimum absolute atomic E-state index is 0.0121. The highest BCUT2D eigenvalue weighted by Crippen LogP contribution is 2.36. The Hall–Kier alpha value is -4.75. The fourth-order valence-electron chi connectivity index (χ4n) is 6.70. The van der Waals surface area contributed by atoms with Gasteiger partial charge in [0.15, 0.2) is 6.04 Å². The number of nitrogens with one attached hydrogen (secondary N) is 2. The molecule has 0 bridgehead atoms. The number of ether oxygens (including phenoxy) is 3. The van der Waals surface area contributed by atoms with Gasteiger partial charge in [0.2, 0.25) is 15.9 Å². The number of benzene rings is 4. The fraction of sp³-hybridized carbons (Fsp3) is 0.415. The summed E-state index contributed by atoms with van der Waals surface area (Å²) < 4.78 is 80.4. The molecule has 4 aromatic rings.